The molecular weight excluding hydrogens is 154 g/mol. The second-order valence-electron chi connectivity index (χ2n) is 2.38. The van der Waals surface area contributed by atoms with E-state index in [-0.39, 0.29) is 6.04 Å². The third kappa shape index (κ3) is 1.83. The summed E-state index contributed by atoms with van der Waals surface area (Å²) < 4.78 is 0. The van der Waals surface area contributed by atoms with Crippen molar-refractivity contribution in [3.63, 3.8) is 0 Å². The van der Waals surface area contributed by atoms with Crippen molar-refractivity contribution in [2.45, 2.75) is 13.0 Å². The lowest BCUT2D eigenvalue weighted by atomic mass is 10.1. The monoisotopic (exact) mass is 165 g/mol. The van der Waals surface area contributed by atoms with E-state index in [0.717, 1.165) is 0 Å². The van der Waals surface area contributed by atoms with Gasteiger partial charge >= 0.3 is 0 Å². The van der Waals surface area contributed by atoms with Crippen molar-refractivity contribution in [1.29, 1.82) is 0 Å². The molecule has 0 amide bonds. The minimum Gasteiger partial charge on any atom is -0.303 e. The minimum absolute atomic E-state index is 0.0694. The normalized spacial score (nSPS) is 12.5. The topological polar surface area (TPSA) is 12.0 Å². The van der Waals surface area contributed by atoms with Crippen LogP contribution in [0.1, 0.15) is 16.5 Å². The molecule has 0 spiro atoms. The Labute approximate surface area is 71.4 Å². The predicted octanol–water partition coefficient (Wildman–Crippen LogP) is 1.95. The average Bonchev–Trinajstić information content (AvgIpc) is 2.39. The van der Waals surface area contributed by atoms with Crippen LogP contribution in [0, 0.1) is 19.3 Å². The molecule has 0 bridgehead atoms. The molecule has 1 heterocycles. The van der Waals surface area contributed by atoms with Gasteiger partial charge in [0.25, 0.3) is 0 Å². The van der Waals surface area contributed by atoms with Crippen molar-refractivity contribution in [1.82, 2.24) is 5.32 Å². The van der Waals surface area contributed by atoms with Gasteiger partial charge in [0, 0.05) is 4.88 Å². The summed E-state index contributed by atoms with van der Waals surface area (Å²) in [5, 5.41) is 5.15. The Balaban J connectivity index is 2.84. The zero-order valence-corrected chi connectivity index (χ0v) is 7.53. The summed E-state index contributed by atoms with van der Waals surface area (Å²) >= 11 is 1.73. The van der Waals surface area contributed by atoms with Gasteiger partial charge in [-0.05, 0) is 31.0 Å². The van der Waals surface area contributed by atoms with Crippen LogP contribution in [0.4, 0.5) is 0 Å². The smallest absolute Gasteiger partial charge is 0.0948 e. The van der Waals surface area contributed by atoms with Crippen LogP contribution in [-0.4, -0.2) is 7.05 Å². The molecule has 0 aliphatic carbocycles. The Morgan fingerprint density at radius 2 is 2.45 bits per heavy atom. The summed E-state index contributed by atoms with van der Waals surface area (Å²) in [6.07, 6.45) is 5.32. The van der Waals surface area contributed by atoms with Crippen LogP contribution in [0.3, 0.4) is 0 Å². The molecule has 0 aliphatic rings. The molecule has 1 nitrogen and oxygen atoms in total. The third-order valence-corrected chi connectivity index (χ3v) is 2.42. The summed E-state index contributed by atoms with van der Waals surface area (Å²) in [4.78, 5) is 1.30. The van der Waals surface area contributed by atoms with Gasteiger partial charge in [-0.1, -0.05) is 5.92 Å². The molecule has 0 fully saturated rings. The molecule has 1 aromatic heterocycles. The fourth-order valence-corrected chi connectivity index (χ4v) is 1.69. The van der Waals surface area contributed by atoms with Crippen LogP contribution >= 0.6 is 11.3 Å². The standard InChI is InChI=1S/C9H11NS/c1-4-9(10-3)8-5-7(2)11-6-8/h1,5-6,9-10H,2-3H3. The molecule has 58 valence electrons. The summed E-state index contributed by atoms with van der Waals surface area (Å²) in [5.74, 6) is 2.68. The lowest BCUT2D eigenvalue weighted by Crippen LogP contribution is -2.12. The Hall–Kier alpha value is -0.780. The van der Waals surface area contributed by atoms with Crippen molar-refractivity contribution in [3.8, 4) is 12.3 Å². The maximum Gasteiger partial charge on any atom is 0.0948 e. The molecule has 1 atom stereocenters. The minimum atomic E-state index is 0.0694. The van der Waals surface area contributed by atoms with Gasteiger partial charge < -0.3 is 5.32 Å². The summed E-state index contributed by atoms with van der Waals surface area (Å²) in [5.41, 5.74) is 1.19. The van der Waals surface area contributed by atoms with Crippen LogP contribution in [0.25, 0.3) is 0 Å². The lowest BCUT2D eigenvalue weighted by Gasteiger charge is -2.04. The molecule has 0 saturated carbocycles. The summed E-state index contributed by atoms with van der Waals surface area (Å²) in [6, 6.07) is 2.19. The highest BCUT2D eigenvalue weighted by atomic mass is 32.1. The number of hydrogen-bond acceptors (Lipinski definition) is 2. The summed E-state index contributed by atoms with van der Waals surface area (Å²) in [6.45, 7) is 2.08. The zero-order valence-electron chi connectivity index (χ0n) is 6.72. The summed E-state index contributed by atoms with van der Waals surface area (Å²) in [7, 11) is 1.87. The highest BCUT2D eigenvalue weighted by molar-refractivity contribution is 7.10. The molecule has 1 N–H and O–H groups in total. The third-order valence-electron chi connectivity index (χ3n) is 1.54. The van der Waals surface area contributed by atoms with Crippen molar-refractivity contribution in [2.75, 3.05) is 7.05 Å². The van der Waals surface area contributed by atoms with E-state index in [1.165, 1.54) is 10.4 Å². The van der Waals surface area contributed by atoms with Crippen molar-refractivity contribution >= 4 is 11.3 Å². The zero-order chi connectivity index (χ0) is 8.27. The highest BCUT2D eigenvalue weighted by Crippen LogP contribution is 2.19. The van der Waals surface area contributed by atoms with E-state index in [1.54, 1.807) is 11.3 Å². The quantitative estimate of drug-likeness (QED) is 0.660. The fraction of sp³-hybridized carbons (Fsp3) is 0.333. The number of aryl methyl sites for hydroxylation is 1. The first kappa shape index (κ1) is 8.32. The van der Waals surface area contributed by atoms with Gasteiger partial charge in [-0.25, -0.2) is 0 Å². The first-order chi connectivity index (χ1) is 5.27. The van der Waals surface area contributed by atoms with Crippen LogP contribution < -0.4 is 5.32 Å². The molecule has 0 aromatic carbocycles. The number of nitrogens with one attached hydrogen (secondary N) is 1. The number of thiophene rings is 1. The van der Waals surface area contributed by atoms with Gasteiger partial charge in [-0.15, -0.1) is 17.8 Å². The molecule has 2 heteroatoms. The van der Waals surface area contributed by atoms with E-state index < -0.39 is 0 Å². The van der Waals surface area contributed by atoms with Crippen molar-refractivity contribution in [2.24, 2.45) is 0 Å². The van der Waals surface area contributed by atoms with E-state index in [1.807, 2.05) is 7.05 Å². The molecule has 1 rings (SSSR count). The van der Waals surface area contributed by atoms with Gasteiger partial charge in [0.15, 0.2) is 0 Å². The van der Waals surface area contributed by atoms with Gasteiger partial charge in [0.05, 0.1) is 6.04 Å². The number of hydrogen-bond donors (Lipinski definition) is 1. The van der Waals surface area contributed by atoms with Gasteiger partial charge in [0.2, 0.25) is 0 Å². The Morgan fingerprint density at radius 1 is 1.73 bits per heavy atom. The van der Waals surface area contributed by atoms with Crippen LogP contribution in [0.5, 0.6) is 0 Å². The molecule has 0 aliphatic heterocycles. The molecule has 11 heavy (non-hydrogen) atoms. The molecule has 1 aromatic rings. The van der Waals surface area contributed by atoms with Crippen molar-refractivity contribution in [3.05, 3.63) is 21.9 Å². The fourth-order valence-electron chi connectivity index (χ4n) is 0.961. The van der Waals surface area contributed by atoms with E-state index >= 15 is 0 Å². The van der Waals surface area contributed by atoms with Crippen LogP contribution in [-0.2, 0) is 0 Å². The van der Waals surface area contributed by atoms with E-state index in [4.69, 9.17) is 6.42 Å². The van der Waals surface area contributed by atoms with E-state index in [2.05, 4.69) is 29.6 Å². The SMILES string of the molecule is C#CC(NC)c1csc(C)c1. The van der Waals surface area contributed by atoms with Crippen LogP contribution in [0.2, 0.25) is 0 Å². The Kier molecular flexibility index (Phi) is 2.70. The molecule has 0 radical (unpaired) electrons. The molecular formula is C9H11NS. The van der Waals surface area contributed by atoms with Crippen LogP contribution in [0.15, 0.2) is 11.4 Å². The lowest BCUT2D eigenvalue weighted by molar-refractivity contribution is 0.739. The number of terminal acetylenes is 1. The highest BCUT2D eigenvalue weighted by Gasteiger charge is 2.05. The Morgan fingerprint density at radius 3 is 2.82 bits per heavy atom. The maximum atomic E-state index is 5.32. The maximum absolute atomic E-state index is 5.32. The van der Waals surface area contributed by atoms with Gasteiger partial charge in [-0.3, -0.25) is 0 Å². The van der Waals surface area contributed by atoms with E-state index in [9.17, 15) is 0 Å². The molecule has 0 saturated heterocycles. The van der Waals surface area contributed by atoms with E-state index in [0.29, 0.717) is 0 Å². The van der Waals surface area contributed by atoms with Gasteiger partial charge in [-0.2, -0.15) is 0 Å². The molecule has 1 unspecified atom stereocenters. The second-order valence-corrected chi connectivity index (χ2v) is 3.49. The second kappa shape index (κ2) is 3.56. The predicted molar refractivity (Wildman–Crippen MR) is 49.7 cm³/mol. The van der Waals surface area contributed by atoms with Gasteiger partial charge in [0.1, 0.15) is 0 Å². The first-order valence-electron chi connectivity index (χ1n) is 3.46. The average molecular weight is 165 g/mol. The van der Waals surface area contributed by atoms with Crippen molar-refractivity contribution < 1.29 is 0 Å². The number of rotatable bonds is 2. The first-order valence-corrected chi connectivity index (χ1v) is 4.34. The Bertz CT molecular complexity index is 269. The largest absolute Gasteiger partial charge is 0.303 e.